The molecule has 0 radical (unpaired) electrons. The van der Waals surface area contributed by atoms with E-state index < -0.39 is 0 Å². The summed E-state index contributed by atoms with van der Waals surface area (Å²) in [5.74, 6) is -0.0806. The fourth-order valence-corrected chi connectivity index (χ4v) is 2.33. The van der Waals surface area contributed by atoms with Crippen molar-refractivity contribution in [3.8, 4) is 0 Å². The number of hydrogen-bond acceptors (Lipinski definition) is 3. The third kappa shape index (κ3) is 3.07. The van der Waals surface area contributed by atoms with Crippen LogP contribution in [0.25, 0.3) is 0 Å². The highest BCUT2D eigenvalue weighted by Gasteiger charge is 2.31. The van der Waals surface area contributed by atoms with Crippen LogP contribution in [0, 0.1) is 6.92 Å². The SMILES string of the molecule is CC[C@@H]1C(=O)NCCN1C(=O)NCc1ncccc1C. The molecule has 1 aliphatic heterocycles. The lowest BCUT2D eigenvalue weighted by Gasteiger charge is -2.34. The first-order chi connectivity index (χ1) is 9.63. The molecule has 20 heavy (non-hydrogen) atoms. The van der Waals surface area contributed by atoms with Crippen molar-refractivity contribution < 1.29 is 9.59 Å². The summed E-state index contributed by atoms with van der Waals surface area (Å²) in [5.41, 5.74) is 1.88. The van der Waals surface area contributed by atoms with E-state index >= 15 is 0 Å². The fraction of sp³-hybridized carbons (Fsp3) is 0.500. The molecule has 1 atom stereocenters. The molecule has 0 aromatic carbocycles. The molecular weight excluding hydrogens is 256 g/mol. The zero-order valence-corrected chi connectivity index (χ0v) is 11.8. The lowest BCUT2D eigenvalue weighted by atomic mass is 10.1. The lowest BCUT2D eigenvalue weighted by Crippen LogP contribution is -2.59. The molecule has 1 aliphatic rings. The second-order valence-corrected chi connectivity index (χ2v) is 4.83. The average molecular weight is 276 g/mol. The van der Waals surface area contributed by atoms with Crippen molar-refractivity contribution in [2.45, 2.75) is 32.9 Å². The predicted octanol–water partition coefficient (Wildman–Crippen LogP) is 0.810. The summed E-state index contributed by atoms with van der Waals surface area (Å²) in [6, 6.07) is 3.23. The zero-order valence-electron chi connectivity index (χ0n) is 11.8. The van der Waals surface area contributed by atoms with Crippen LogP contribution in [-0.4, -0.2) is 41.0 Å². The molecule has 2 rings (SSSR count). The highest BCUT2D eigenvalue weighted by molar-refractivity contribution is 5.88. The number of aryl methyl sites for hydroxylation is 1. The van der Waals surface area contributed by atoms with E-state index in [1.165, 1.54) is 0 Å². The number of aromatic nitrogens is 1. The Balaban J connectivity index is 1.97. The van der Waals surface area contributed by atoms with E-state index in [0.29, 0.717) is 26.1 Å². The highest BCUT2D eigenvalue weighted by atomic mass is 16.2. The molecule has 0 aliphatic carbocycles. The second kappa shape index (κ2) is 6.36. The van der Waals surface area contributed by atoms with Gasteiger partial charge in [-0.1, -0.05) is 13.0 Å². The third-order valence-corrected chi connectivity index (χ3v) is 3.50. The number of nitrogens with zero attached hydrogens (tertiary/aromatic N) is 2. The van der Waals surface area contributed by atoms with Crippen molar-refractivity contribution >= 4 is 11.9 Å². The minimum atomic E-state index is -0.381. The van der Waals surface area contributed by atoms with Crippen LogP contribution in [0.3, 0.4) is 0 Å². The number of carbonyl (C=O) groups excluding carboxylic acids is 2. The number of pyridine rings is 1. The first kappa shape index (κ1) is 14.3. The Morgan fingerprint density at radius 2 is 2.40 bits per heavy atom. The Kier molecular flexibility index (Phi) is 4.55. The molecule has 1 fully saturated rings. The molecule has 1 aromatic heterocycles. The predicted molar refractivity (Wildman–Crippen MR) is 75.0 cm³/mol. The summed E-state index contributed by atoms with van der Waals surface area (Å²) in [4.78, 5) is 29.8. The number of rotatable bonds is 3. The molecule has 1 aromatic rings. The van der Waals surface area contributed by atoms with Gasteiger partial charge in [-0.2, -0.15) is 0 Å². The summed E-state index contributed by atoms with van der Waals surface area (Å²) < 4.78 is 0. The number of amides is 3. The minimum Gasteiger partial charge on any atom is -0.353 e. The van der Waals surface area contributed by atoms with Gasteiger partial charge in [0, 0.05) is 19.3 Å². The van der Waals surface area contributed by atoms with E-state index in [1.54, 1.807) is 11.1 Å². The van der Waals surface area contributed by atoms with Crippen LogP contribution >= 0.6 is 0 Å². The van der Waals surface area contributed by atoms with Crippen LogP contribution in [-0.2, 0) is 11.3 Å². The largest absolute Gasteiger partial charge is 0.353 e. The lowest BCUT2D eigenvalue weighted by molar-refractivity contribution is -0.127. The number of nitrogens with one attached hydrogen (secondary N) is 2. The molecule has 6 nitrogen and oxygen atoms in total. The van der Waals surface area contributed by atoms with Gasteiger partial charge in [0.25, 0.3) is 0 Å². The van der Waals surface area contributed by atoms with Crippen molar-refractivity contribution in [3.05, 3.63) is 29.6 Å². The number of piperazine rings is 1. The van der Waals surface area contributed by atoms with Gasteiger partial charge < -0.3 is 15.5 Å². The Hall–Kier alpha value is -2.11. The van der Waals surface area contributed by atoms with Gasteiger partial charge in [-0.15, -0.1) is 0 Å². The van der Waals surface area contributed by atoms with E-state index in [2.05, 4.69) is 15.6 Å². The molecule has 1 saturated heterocycles. The summed E-state index contributed by atoms with van der Waals surface area (Å²) in [5, 5.41) is 5.62. The first-order valence-corrected chi connectivity index (χ1v) is 6.86. The maximum absolute atomic E-state index is 12.2. The van der Waals surface area contributed by atoms with Crippen molar-refractivity contribution in [1.82, 2.24) is 20.5 Å². The average Bonchev–Trinajstić information content (AvgIpc) is 2.46. The topological polar surface area (TPSA) is 74.3 Å². The molecule has 108 valence electrons. The van der Waals surface area contributed by atoms with Gasteiger partial charge in [0.1, 0.15) is 6.04 Å². The van der Waals surface area contributed by atoms with Crippen LogP contribution in [0.15, 0.2) is 18.3 Å². The van der Waals surface area contributed by atoms with Gasteiger partial charge in [0.05, 0.1) is 12.2 Å². The summed E-state index contributed by atoms with van der Waals surface area (Å²) in [6.07, 6.45) is 2.32. The molecule has 2 N–H and O–H groups in total. The van der Waals surface area contributed by atoms with Crippen molar-refractivity contribution in [1.29, 1.82) is 0 Å². The van der Waals surface area contributed by atoms with Gasteiger partial charge in [-0.25, -0.2) is 4.79 Å². The van der Waals surface area contributed by atoms with E-state index in [1.807, 2.05) is 26.0 Å². The van der Waals surface area contributed by atoms with Crippen molar-refractivity contribution in [2.24, 2.45) is 0 Å². The summed E-state index contributed by atoms with van der Waals surface area (Å²) in [7, 11) is 0. The fourth-order valence-electron chi connectivity index (χ4n) is 2.33. The number of urea groups is 1. The Morgan fingerprint density at radius 3 is 3.10 bits per heavy atom. The maximum atomic E-state index is 12.2. The van der Waals surface area contributed by atoms with Crippen LogP contribution in [0.1, 0.15) is 24.6 Å². The Labute approximate surface area is 118 Å². The van der Waals surface area contributed by atoms with Gasteiger partial charge in [0.2, 0.25) is 5.91 Å². The van der Waals surface area contributed by atoms with E-state index in [0.717, 1.165) is 11.3 Å². The van der Waals surface area contributed by atoms with Crippen molar-refractivity contribution in [3.63, 3.8) is 0 Å². The van der Waals surface area contributed by atoms with E-state index in [4.69, 9.17) is 0 Å². The van der Waals surface area contributed by atoms with E-state index in [-0.39, 0.29) is 18.0 Å². The summed E-state index contributed by atoms with van der Waals surface area (Å²) >= 11 is 0. The molecule has 6 heteroatoms. The molecule has 0 unspecified atom stereocenters. The highest BCUT2D eigenvalue weighted by Crippen LogP contribution is 2.09. The molecular formula is C14H20N4O2. The normalized spacial score (nSPS) is 18.6. The van der Waals surface area contributed by atoms with Gasteiger partial charge in [-0.3, -0.25) is 9.78 Å². The molecule has 3 amide bonds. The third-order valence-electron chi connectivity index (χ3n) is 3.50. The van der Waals surface area contributed by atoms with Crippen LogP contribution in [0.2, 0.25) is 0 Å². The van der Waals surface area contributed by atoms with Gasteiger partial charge >= 0.3 is 6.03 Å². The van der Waals surface area contributed by atoms with Gasteiger partial charge in [-0.05, 0) is 25.0 Å². The summed E-state index contributed by atoms with van der Waals surface area (Å²) in [6.45, 7) is 5.28. The van der Waals surface area contributed by atoms with E-state index in [9.17, 15) is 9.59 Å². The monoisotopic (exact) mass is 276 g/mol. The Morgan fingerprint density at radius 1 is 1.60 bits per heavy atom. The molecule has 2 heterocycles. The van der Waals surface area contributed by atoms with Crippen LogP contribution in [0.5, 0.6) is 0 Å². The zero-order chi connectivity index (χ0) is 14.5. The quantitative estimate of drug-likeness (QED) is 0.858. The molecule has 0 spiro atoms. The Bertz CT molecular complexity index is 504. The van der Waals surface area contributed by atoms with Gasteiger partial charge in [0.15, 0.2) is 0 Å². The first-order valence-electron chi connectivity index (χ1n) is 6.86. The number of carbonyl (C=O) groups is 2. The maximum Gasteiger partial charge on any atom is 0.318 e. The standard InChI is InChI=1S/C14H20N4O2/c1-3-12-13(19)16-7-8-18(12)14(20)17-9-11-10(2)5-4-6-15-11/h4-6,12H,3,7-9H2,1-2H3,(H,16,19)(H,17,20)/t12-/m1/s1. The molecule has 0 saturated carbocycles. The van der Waals surface area contributed by atoms with Crippen LogP contribution in [0.4, 0.5) is 4.79 Å². The van der Waals surface area contributed by atoms with Crippen molar-refractivity contribution in [2.75, 3.05) is 13.1 Å². The smallest absolute Gasteiger partial charge is 0.318 e. The minimum absolute atomic E-state index is 0.0806. The van der Waals surface area contributed by atoms with Crippen LogP contribution < -0.4 is 10.6 Å². The second-order valence-electron chi connectivity index (χ2n) is 4.83. The molecule has 0 bridgehead atoms. The number of hydrogen-bond donors (Lipinski definition) is 2.